The van der Waals surface area contributed by atoms with Crippen LogP contribution in [0.15, 0.2) is 18.2 Å². The number of nitrogens with one attached hydrogen (secondary N) is 1. The first-order valence-electron chi connectivity index (χ1n) is 8.35. The molecule has 3 rings (SSSR count). The smallest absolute Gasteiger partial charge is 0.249 e. The number of primary amides is 1. The topological polar surface area (TPSA) is 93.2 Å². The SMILES string of the molecule is Cc1nn(C)c(C)c1NC(=O)CN1CCCc2c(C(N)=O)cccc21. The predicted molar refractivity (Wildman–Crippen MR) is 96.8 cm³/mol. The van der Waals surface area contributed by atoms with Crippen LogP contribution in [0.25, 0.3) is 0 Å². The molecule has 7 nitrogen and oxygen atoms in total. The normalized spacial score (nSPS) is 13.5. The van der Waals surface area contributed by atoms with E-state index < -0.39 is 5.91 Å². The van der Waals surface area contributed by atoms with Gasteiger partial charge in [-0.1, -0.05) is 6.07 Å². The summed E-state index contributed by atoms with van der Waals surface area (Å²) in [6.07, 6.45) is 1.68. The first kappa shape index (κ1) is 17.0. The minimum atomic E-state index is -0.426. The van der Waals surface area contributed by atoms with Crippen LogP contribution in [-0.4, -0.2) is 34.7 Å². The van der Waals surface area contributed by atoms with Crippen molar-refractivity contribution in [3.8, 4) is 0 Å². The molecule has 25 heavy (non-hydrogen) atoms. The Kier molecular flexibility index (Phi) is 4.48. The highest BCUT2D eigenvalue weighted by molar-refractivity contribution is 5.98. The van der Waals surface area contributed by atoms with Gasteiger partial charge < -0.3 is 16.0 Å². The molecule has 2 amide bonds. The largest absolute Gasteiger partial charge is 0.366 e. The number of nitrogens with two attached hydrogens (primary N) is 1. The molecule has 0 aliphatic carbocycles. The van der Waals surface area contributed by atoms with E-state index >= 15 is 0 Å². The molecule has 1 aromatic heterocycles. The van der Waals surface area contributed by atoms with Crippen LogP contribution in [0.5, 0.6) is 0 Å². The van der Waals surface area contributed by atoms with E-state index in [4.69, 9.17) is 5.73 Å². The van der Waals surface area contributed by atoms with Gasteiger partial charge in [0.25, 0.3) is 0 Å². The monoisotopic (exact) mass is 341 g/mol. The summed E-state index contributed by atoms with van der Waals surface area (Å²) in [5, 5.41) is 7.27. The molecule has 3 N–H and O–H groups in total. The fraction of sp³-hybridized carbons (Fsp3) is 0.389. The third-order valence-corrected chi connectivity index (χ3v) is 4.72. The van der Waals surface area contributed by atoms with Crippen LogP contribution in [-0.2, 0) is 18.3 Å². The van der Waals surface area contributed by atoms with E-state index in [0.717, 1.165) is 47.7 Å². The van der Waals surface area contributed by atoms with Crippen molar-refractivity contribution in [2.45, 2.75) is 26.7 Å². The van der Waals surface area contributed by atoms with Gasteiger partial charge in [-0.05, 0) is 44.4 Å². The average molecular weight is 341 g/mol. The van der Waals surface area contributed by atoms with Gasteiger partial charge in [-0.2, -0.15) is 5.10 Å². The molecular formula is C18H23N5O2. The Bertz CT molecular complexity index is 840. The van der Waals surface area contributed by atoms with Crippen LogP contribution in [0, 0.1) is 13.8 Å². The molecule has 1 aliphatic rings. The number of nitrogens with zero attached hydrogens (tertiary/aromatic N) is 3. The summed E-state index contributed by atoms with van der Waals surface area (Å²) in [5.74, 6) is -0.527. The zero-order chi connectivity index (χ0) is 18.1. The third-order valence-electron chi connectivity index (χ3n) is 4.72. The zero-order valence-corrected chi connectivity index (χ0v) is 14.8. The first-order valence-corrected chi connectivity index (χ1v) is 8.35. The van der Waals surface area contributed by atoms with Crippen molar-refractivity contribution >= 4 is 23.2 Å². The molecule has 1 aromatic carbocycles. The van der Waals surface area contributed by atoms with Crippen molar-refractivity contribution in [1.82, 2.24) is 9.78 Å². The highest BCUT2D eigenvalue weighted by Crippen LogP contribution is 2.29. The Hall–Kier alpha value is -2.83. The summed E-state index contributed by atoms with van der Waals surface area (Å²) in [7, 11) is 1.85. The molecule has 0 spiro atoms. The average Bonchev–Trinajstić information content (AvgIpc) is 2.81. The van der Waals surface area contributed by atoms with Gasteiger partial charge in [0.2, 0.25) is 11.8 Å². The minimum Gasteiger partial charge on any atom is -0.366 e. The van der Waals surface area contributed by atoms with E-state index in [1.807, 2.05) is 37.9 Å². The molecule has 132 valence electrons. The second-order valence-corrected chi connectivity index (χ2v) is 6.41. The molecule has 1 aliphatic heterocycles. The highest BCUT2D eigenvalue weighted by Gasteiger charge is 2.23. The number of aryl methyl sites for hydroxylation is 2. The quantitative estimate of drug-likeness (QED) is 0.882. The number of carbonyl (C=O) groups is 2. The van der Waals surface area contributed by atoms with Crippen LogP contribution in [0.4, 0.5) is 11.4 Å². The molecule has 0 saturated carbocycles. The number of amides is 2. The Morgan fingerprint density at radius 2 is 2.08 bits per heavy atom. The summed E-state index contributed by atoms with van der Waals surface area (Å²) >= 11 is 0. The van der Waals surface area contributed by atoms with Crippen molar-refractivity contribution in [2.75, 3.05) is 23.3 Å². The summed E-state index contributed by atoms with van der Waals surface area (Å²) in [6, 6.07) is 5.49. The Morgan fingerprint density at radius 1 is 1.32 bits per heavy atom. The van der Waals surface area contributed by atoms with E-state index in [9.17, 15) is 9.59 Å². The Balaban J connectivity index is 1.80. The number of benzene rings is 1. The van der Waals surface area contributed by atoms with Crippen LogP contribution in [0.1, 0.15) is 33.7 Å². The molecule has 0 unspecified atom stereocenters. The number of rotatable bonds is 4. The fourth-order valence-electron chi connectivity index (χ4n) is 3.40. The zero-order valence-electron chi connectivity index (χ0n) is 14.8. The number of hydrogen-bond donors (Lipinski definition) is 2. The maximum absolute atomic E-state index is 12.5. The lowest BCUT2D eigenvalue weighted by Crippen LogP contribution is -2.37. The number of aromatic nitrogens is 2. The molecule has 0 saturated heterocycles. The number of anilines is 2. The van der Waals surface area contributed by atoms with E-state index in [1.54, 1.807) is 10.7 Å². The summed E-state index contributed by atoms with van der Waals surface area (Å²) in [4.78, 5) is 26.2. The van der Waals surface area contributed by atoms with E-state index in [-0.39, 0.29) is 12.5 Å². The van der Waals surface area contributed by atoms with Crippen LogP contribution < -0.4 is 16.0 Å². The molecule has 0 bridgehead atoms. The fourth-order valence-corrected chi connectivity index (χ4v) is 3.40. The molecule has 2 aromatic rings. The van der Waals surface area contributed by atoms with E-state index in [1.165, 1.54) is 0 Å². The molecule has 7 heteroatoms. The third kappa shape index (κ3) is 3.22. The summed E-state index contributed by atoms with van der Waals surface area (Å²) < 4.78 is 1.75. The summed E-state index contributed by atoms with van der Waals surface area (Å²) in [5.41, 5.74) is 10.3. The Labute approximate surface area is 146 Å². The molecule has 0 atom stereocenters. The lowest BCUT2D eigenvalue weighted by atomic mass is 9.96. The van der Waals surface area contributed by atoms with Gasteiger partial charge in [0.1, 0.15) is 0 Å². The first-order chi connectivity index (χ1) is 11.9. The molecule has 0 radical (unpaired) electrons. The van der Waals surface area contributed by atoms with Gasteiger partial charge >= 0.3 is 0 Å². The molecular weight excluding hydrogens is 318 g/mol. The summed E-state index contributed by atoms with van der Waals surface area (Å²) in [6.45, 7) is 4.79. The van der Waals surface area contributed by atoms with Crippen molar-refractivity contribution in [2.24, 2.45) is 12.8 Å². The van der Waals surface area contributed by atoms with E-state index in [0.29, 0.717) is 5.56 Å². The second-order valence-electron chi connectivity index (χ2n) is 6.41. The van der Waals surface area contributed by atoms with Crippen LogP contribution in [0.3, 0.4) is 0 Å². The van der Waals surface area contributed by atoms with Gasteiger partial charge in [-0.25, -0.2) is 0 Å². The highest BCUT2D eigenvalue weighted by atomic mass is 16.2. The molecule has 0 fully saturated rings. The van der Waals surface area contributed by atoms with Crippen LogP contribution >= 0.6 is 0 Å². The minimum absolute atomic E-state index is 0.100. The second kappa shape index (κ2) is 6.58. The van der Waals surface area contributed by atoms with Crippen molar-refractivity contribution < 1.29 is 9.59 Å². The van der Waals surface area contributed by atoms with E-state index in [2.05, 4.69) is 10.4 Å². The predicted octanol–water partition coefficient (Wildman–Crippen LogP) is 1.53. The van der Waals surface area contributed by atoms with Gasteiger partial charge in [0.15, 0.2) is 0 Å². The maximum atomic E-state index is 12.5. The van der Waals surface area contributed by atoms with Gasteiger partial charge in [0.05, 0.1) is 23.6 Å². The van der Waals surface area contributed by atoms with Crippen LogP contribution in [0.2, 0.25) is 0 Å². The van der Waals surface area contributed by atoms with Gasteiger partial charge in [0, 0.05) is 24.8 Å². The maximum Gasteiger partial charge on any atom is 0.249 e. The lowest BCUT2D eigenvalue weighted by Gasteiger charge is -2.31. The molecule has 2 heterocycles. The number of carbonyl (C=O) groups excluding carboxylic acids is 2. The van der Waals surface area contributed by atoms with Gasteiger partial charge in [-0.3, -0.25) is 14.3 Å². The van der Waals surface area contributed by atoms with Crippen molar-refractivity contribution in [3.05, 3.63) is 40.7 Å². The lowest BCUT2D eigenvalue weighted by molar-refractivity contribution is -0.115. The van der Waals surface area contributed by atoms with Gasteiger partial charge in [-0.15, -0.1) is 0 Å². The standard InChI is InChI=1S/C18H23N5O2/c1-11-17(12(2)22(3)21-11)20-16(24)10-23-9-5-7-13-14(18(19)25)6-4-8-15(13)23/h4,6,8H,5,7,9-10H2,1-3H3,(H2,19,25)(H,20,24). The van der Waals surface area contributed by atoms with Crippen molar-refractivity contribution in [3.63, 3.8) is 0 Å². The number of fused-ring (bicyclic) bond motifs is 1. The van der Waals surface area contributed by atoms with Crippen molar-refractivity contribution in [1.29, 1.82) is 0 Å². The number of hydrogen-bond acceptors (Lipinski definition) is 4. The Morgan fingerprint density at radius 3 is 2.72 bits per heavy atom.